The van der Waals surface area contributed by atoms with Crippen LogP contribution in [0.2, 0.25) is 5.02 Å². The molecule has 0 unspecified atom stereocenters. The quantitative estimate of drug-likeness (QED) is 0.0432. The van der Waals surface area contributed by atoms with Crippen LogP contribution in [0.25, 0.3) is 10.9 Å². The van der Waals surface area contributed by atoms with Crippen LogP contribution in [-0.4, -0.2) is 126 Å². The molecule has 2 aliphatic heterocycles. The molecule has 7 N–H and O–H groups in total. The van der Waals surface area contributed by atoms with Crippen LogP contribution in [0.5, 0.6) is 0 Å². The van der Waals surface area contributed by atoms with Crippen molar-refractivity contribution in [2.45, 2.75) is 102 Å². The molecule has 382 valence electrons. The number of quaternary nitrogens is 1. The van der Waals surface area contributed by atoms with E-state index in [1.807, 2.05) is 17.0 Å². The van der Waals surface area contributed by atoms with Gasteiger partial charge < -0.3 is 46.1 Å². The van der Waals surface area contributed by atoms with Gasteiger partial charge in [0.15, 0.2) is 0 Å². The molecular weight excluding hydrogens is 944 g/mol. The standard InChI is InChI=1S/C50H62ClF2N9O9/c1-28(2)42(58-38(63)10-6-5-7-20-60-39(64)15-16-40(60)65)47(68)57-36(9-8-19-55-49(54)71)46(67)56-31-13-11-29(12-14-31)25-62(3,4)26-30-23-59(27-50(30)17-18-50)44-35(53)21-32-43(41(44)51)61(37-22-34(37)52)24-33(45(32)66)48(69)70/h11-16,21,24,28,30,34,36-37,42H,5-10,17-20,22-23,25-27H2,1-4H3,(H6-,54,55,56,57,58,63,67,68,69,70,71)/p+1/t30-,34-,36-,37-,42-/m0/s1. The molecule has 4 aliphatic rings. The van der Waals surface area contributed by atoms with Crippen molar-refractivity contribution in [2.24, 2.45) is 23.0 Å². The van der Waals surface area contributed by atoms with E-state index in [2.05, 4.69) is 35.4 Å². The summed E-state index contributed by atoms with van der Waals surface area (Å²) in [6.45, 7) is 6.31. The molecule has 3 aromatic rings. The lowest BCUT2D eigenvalue weighted by Crippen LogP contribution is -2.54. The second kappa shape index (κ2) is 21.5. The molecule has 5 atom stereocenters. The van der Waals surface area contributed by atoms with Crippen molar-refractivity contribution in [3.8, 4) is 0 Å². The SMILES string of the molecule is CC(C)[C@H](NC(=O)CCCCCN1C(=O)C=CC1=O)C(=O)N[C@@H](CCCNC(N)=O)C(=O)Nc1ccc(C[N+](C)(C)C[C@@H]2CN(c3c(F)cc4c(=O)c(C(=O)O)cn([C@H]5C[C@@H]5F)c4c3Cl)CC23CC3)cc1. The molecule has 0 bridgehead atoms. The van der Waals surface area contributed by atoms with Crippen LogP contribution in [0.1, 0.15) is 93.6 Å². The van der Waals surface area contributed by atoms with Gasteiger partial charge in [0.1, 0.15) is 36.2 Å². The Morgan fingerprint density at radius 3 is 2.25 bits per heavy atom. The maximum atomic E-state index is 16.1. The largest absolute Gasteiger partial charge is 0.477 e. The highest BCUT2D eigenvalue weighted by molar-refractivity contribution is 6.38. The highest BCUT2D eigenvalue weighted by Gasteiger charge is 2.57. The Morgan fingerprint density at radius 1 is 0.972 bits per heavy atom. The van der Waals surface area contributed by atoms with Crippen LogP contribution in [0.4, 0.5) is 25.0 Å². The second-order valence-corrected chi connectivity index (χ2v) is 20.9. The van der Waals surface area contributed by atoms with Crippen LogP contribution in [0.3, 0.4) is 0 Å². The van der Waals surface area contributed by atoms with E-state index in [1.54, 1.807) is 26.0 Å². The number of benzene rings is 2. The summed E-state index contributed by atoms with van der Waals surface area (Å²) >= 11 is 6.95. The first-order chi connectivity index (χ1) is 33.6. The number of carboxylic acid groups (broad SMARTS) is 1. The van der Waals surface area contributed by atoms with Crippen molar-refractivity contribution in [1.29, 1.82) is 0 Å². The number of anilines is 2. The number of fused-ring (bicyclic) bond motifs is 1. The number of pyridine rings is 1. The number of aromatic carboxylic acids is 1. The lowest BCUT2D eigenvalue weighted by Gasteiger charge is -2.34. The van der Waals surface area contributed by atoms with Gasteiger partial charge in [0.2, 0.25) is 23.2 Å². The number of nitrogens with two attached hydrogens (primary N) is 1. The number of carbonyl (C=O) groups is 7. The first kappa shape index (κ1) is 52.4. The number of rotatable bonds is 23. The molecule has 3 fully saturated rings. The predicted molar refractivity (Wildman–Crippen MR) is 262 cm³/mol. The maximum Gasteiger partial charge on any atom is 0.341 e. The summed E-state index contributed by atoms with van der Waals surface area (Å²) in [5.41, 5.74) is 5.39. The van der Waals surface area contributed by atoms with E-state index in [-0.39, 0.29) is 88.9 Å². The lowest BCUT2D eigenvalue weighted by molar-refractivity contribution is -0.907. The van der Waals surface area contributed by atoms with Crippen LogP contribution in [0.15, 0.2) is 53.5 Å². The summed E-state index contributed by atoms with van der Waals surface area (Å²) in [5, 5.41) is 20.4. The third kappa shape index (κ3) is 12.4. The fourth-order valence-corrected chi connectivity index (χ4v) is 10.5. The van der Waals surface area contributed by atoms with Crippen LogP contribution >= 0.6 is 11.6 Å². The van der Waals surface area contributed by atoms with Crippen LogP contribution < -0.4 is 37.3 Å². The average Bonchev–Trinajstić information content (AvgIpc) is 4.18. The molecule has 1 saturated heterocycles. The Hall–Kier alpha value is -6.41. The van der Waals surface area contributed by atoms with Crippen molar-refractivity contribution in [1.82, 2.24) is 25.4 Å². The zero-order chi connectivity index (χ0) is 51.5. The molecular formula is C50H63ClF2N9O9+. The number of unbranched alkanes of at least 4 members (excludes halogenated alkanes) is 2. The smallest absolute Gasteiger partial charge is 0.341 e. The lowest BCUT2D eigenvalue weighted by atomic mass is 9.91. The minimum absolute atomic E-state index is 0.0459. The van der Waals surface area contributed by atoms with Crippen molar-refractivity contribution in [3.63, 3.8) is 0 Å². The fourth-order valence-electron chi connectivity index (χ4n) is 10.0. The monoisotopic (exact) mass is 1010 g/mol. The van der Waals surface area contributed by atoms with Gasteiger partial charge in [0.25, 0.3) is 11.8 Å². The molecule has 0 radical (unpaired) electrons. The number of hydrogen-bond donors (Lipinski definition) is 6. The van der Waals surface area contributed by atoms with Gasteiger partial charge in [-0.3, -0.25) is 33.7 Å². The van der Waals surface area contributed by atoms with Gasteiger partial charge in [-0.1, -0.05) is 44.0 Å². The van der Waals surface area contributed by atoms with Crippen LogP contribution in [0, 0.1) is 23.1 Å². The number of nitrogens with one attached hydrogen (secondary N) is 4. The molecule has 2 aliphatic carbocycles. The molecule has 2 aromatic carbocycles. The first-order valence-corrected chi connectivity index (χ1v) is 24.5. The number of nitrogens with zero attached hydrogens (tertiary/aromatic N) is 4. The van der Waals surface area contributed by atoms with E-state index in [0.29, 0.717) is 55.5 Å². The highest BCUT2D eigenvalue weighted by atomic mass is 35.5. The Labute approximate surface area is 414 Å². The van der Waals surface area contributed by atoms with E-state index < -0.39 is 64.9 Å². The number of alkyl halides is 1. The zero-order valence-corrected chi connectivity index (χ0v) is 41.2. The molecule has 2 saturated carbocycles. The number of aromatic nitrogens is 1. The second-order valence-electron chi connectivity index (χ2n) is 20.5. The number of urea groups is 1. The first-order valence-electron chi connectivity index (χ1n) is 24.2. The summed E-state index contributed by atoms with van der Waals surface area (Å²) in [6.07, 6.45) is 6.47. The number of carboxylic acids is 1. The van der Waals surface area contributed by atoms with Gasteiger partial charge in [-0.25, -0.2) is 18.4 Å². The summed E-state index contributed by atoms with van der Waals surface area (Å²) in [4.78, 5) is 103. The summed E-state index contributed by atoms with van der Waals surface area (Å²) < 4.78 is 32.5. The number of halogens is 3. The summed E-state index contributed by atoms with van der Waals surface area (Å²) in [6, 6.07) is 4.95. The molecule has 1 spiro atoms. The van der Waals surface area contributed by atoms with Crippen molar-refractivity contribution in [2.75, 3.05) is 57.0 Å². The number of carbonyl (C=O) groups excluding carboxylic acids is 6. The Morgan fingerprint density at radius 2 is 1.65 bits per heavy atom. The molecule has 21 heteroatoms. The molecule has 3 heterocycles. The molecule has 1 aromatic heterocycles. The topological polar surface area (TPSA) is 242 Å². The van der Waals surface area contributed by atoms with Crippen molar-refractivity contribution in [3.05, 3.63) is 80.9 Å². The number of imide groups is 1. The molecule has 18 nitrogen and oxygen atoms in total. The van der Waals surface area contributed by atoms with E-state index >= 15 is 4.39 Å². The van der Waals surface area contributed by atoms with Gasteiger partial charge in [0, 0.05) is 74.5 Å². The molecule has 71 heavy (non-hydrogen) atoms. The minimum atomic E-state index is -1.49. The zero-order valence-electron chi connectivity index (χ0n) is 40.4. The summed E-state index contributed by atoms with van der Waals surface area (Å²) in [5.74, 6) is -4.56. The Bertz CT molecular complexity index is 2670. The predicted octanol–water partition coefficient (Wildman–Crippen LogP) is 4.77. The average molecular weight is 1010 g/mol. The number of primary amides is 1. The number of hydrogen-bond acceptors (Lipinski definition) is 9. The highest BCUT2D eigenvalue weighted by Crippen LogP contribution is 2.58. The fraction of sp³-hybridized carbons (Fsp3) is 0.520. The normalized spacial score (nSPS) is 19.9. The van der Waals surface area contributed by atoms with E-state index in [1.165, 1.54) is 16.7 Å². The Kier molecular flexibility index (Phi) is 15.9. The molecule has 7 amide bonds. The maximum absolute atomic E-state index is 16.1. The third-order valence-electron chi connectivity index (χ3n) is 14.1. The minimum Gasteiger partial charge on any atom is -0.477 e. The van der Waals surface area contributed by atoms with Crippen molar-refractivity contribution < 1.29 is 51.9 Å². The van der Waals surface area contributed by atoms with Gasteiger partial charge in [-0.05, 0) is 68.1 Å². The van der Waals surface area contributed by atoms with Gasteiger partial charge in [0.05, 0.1) is 48.3 Å². The van der Waals surface area contributed by atoms with Gasteiger partial charge in [-0.2, -0.15) is 0 Å². The van der Waals surface area contributed by atoms with Crippen LogP contribution in [-0.2, 0) is 30.5 Å². The number of amides is 7. The van der Waals surface area contributed by atoms with Crippen molar-refractivity contribution >= 4 is 75.4 Å². The Balaban J connectivity index is 0.957. The van der Waals surface area contributed by atoms with E-state index in [4.69, 9.17) is 17.3 Å². The summed E-state index contributed by atoms with van der Waals surface area (Å²) in [7, 11) is 4.21. The van der Waals surface area contributed by atoms with E-state index in [0.717, 1.165) is 42.1 Å². The van der Waals surface area contributed by atoms with Gasteiger partial charge >= 0.3 is 12.0 Å². The third-order valence-corrected chi connectivity index (χ3v) is 14.4. The van der Waals surface area contributed by atoms with Gasteiger partial charge in [-0.15, -0.1) is 0 Å². The van der Waals surface area contributed by atoms with E-state index in [9.17, 15) is 47.9 Å². The molecule has 7 rings (SSSR count).